The standard InChI is InChI=1S/C13H21ClN4O/c1-5-10-11(14)16-7-17-12(10)18-9(4)13(19)15-6-8(2)3/h7-9H,5-6H2,1-4H3,(H,15,19)(H,16,17,18). The van der Waals surface area contributed by atoms with Crippen LogP contribution in [0.25, 0.3) is 0 Å². The van der Waals surface area contributed by atoms with Crippen LogP contribution in [-0.2, 0) is 11.2 Å². The highest BCUT2D eigenvalue weighted by atomic mass is 35.5. The topological polar surface area (TPSA) is 66.9 Å². The lowest BCUT2D eigenvalue weighted by molar-refractivity contribution is -0.121. The maximum Gasteiger partial charge on any atom is 0.242 e. The Morgan fingerprint density at radius 3 is 2.63 bits per heavy atom. The molecule has 0 aliphatic carbocycles. The molecule has 0 aliphatic rings. The van der Waals surface area contributed by atoms with Gasteiger partial charge in [0.25, 0.3) is 0 Å². The Kier molecular flexibility index (Phi) is 6.02. The van der Waals surface area contributed by atoms with E-state index in [0.717, 1.165) is 5.56 Å². The molecule has 2 N–H and O–H groups in total. The van der Waals surface area contributed by atoms with Crippen LogP contribution in [0.4, 0.5) is 5.82 Å². The highest BCUT2D eigenvalue weighted by molar-refractivity contribution is 6.30. The van der Waals surface area contributed by atoms with Crippen LogP contribution in [-0.4, -0.2) is 28.5 Å². The molecule has 1 unspecified atom stereocenters. The van der Waals surface area contributed by atoms with Crippen molar-refractivity contribution in [3.05, 3.63) is 17.0 Å². The van der Waals surface area contributed by atoms with E-state index in [-0.39, 0.29) is 11.9 Å². The second-order valence-electron chi connectivity index (χ2n) is 4.85. The lowest BCUT2D eigenvalue weighted by Gasteiger charge is -2.17. The highest BCUT2D eigenvalue weighted by Gasteiger charge is 2.16. The quantitative estimate of drug-likeness (QED) is 0.787. The van der Waals surface area contributed by atoms with Gasteiger partial charge < -0.3 is 10.6 Å². The average molecular weight is 285 g/mol. The predicted octanol–water partition coefficient (Wildman–Crippen LogP) is 2.26. The van der Waals surface area contributed by atoms with E-state index in [1.807, 2.05) is 6.92 Å². The summed E-state index contributed by atoms with van der Waals surface area (Å²) in [6.07, 6.45) is 2.10. The minimum Gasteiger partial charge on any atom is -0.358 e. The summed E-state index contributed by atoms with van der Waals surface area (Å²) >= 11 is 6.00. The van der Waals surface area contributed by atoms with Gasteiger partial charge in [0.2, 0.25) is 5.91 Å². The lowest BCUT2D eigenvalue weighted by Crippen LogP contribution is -2.39. The zero-order chi connectivity index (χ0) is 14.4. The fraction of sp³-hybridized carbons (Fsp3) is 0.615. The summed E-state index contributed by atoms with van der Waals surface area (Å²) in [5.74, 6) is 0.996. The Balaban J connectivity index is 2.69. The first-order valence-electron chi connectivity index (χ1n) is 6.49. The minimum atomic E-state index is -0.366. The number of aromatic nitrogens is 2. The number of carbonyl (C=O) groups excluding carboxylic acids is 1. The Labute approximate surface area is 119 Å². The summed E-state index contributed by atoms with van der Waals surface area (Å²) in [5.41, 5.74) is 0.827. The van der Waals surface area contributed by atoms with Crippen LogP contribution < -0.4 is 10.6 Å². The van der Waals surface area contributed by atoms with Crippen molar-refractivity contribution in [2.24, 2.45) is 5.92 Å². The molecule has 1 amide bonds. The largest absolute Gasteiger partial charge is 0.358 e. The number of nitrogens with one attached hydrogen (secondary N) is 2. The number of halogens is 1. The molecule has 0 bridgehead atoms. The van der Waals surface area contributed by atoms with Gasteiger partial charge in [0.05, 0.1) is 0 Å². The Hall–Kier alpha value is -1.36. The summed E-state index contributed by atoms with van der Waals surface area (Å²) in [7, 11) is 0. The molecule has 1 rings (SSSR count). The molecule has 1 aromatic heterocycles. The van der Waals surface area contributed by atoms with Crippen molar-refractivity contribution in [3.63, 3.8) is 0 Å². The fourth-order valence-corrected chi connectivity index (χ4v) is 1.82. The maximum absolute atomic E-state index is 11.9. The zero-order valence-electron chi connectivity index (χ0n) is 11.8. The molecular weight excluding hydrogens is 264 g/mol. The van der Waals surface area contributed by atoms with Crippen molar-refractivity contribution in [3.8, 4) is 0 Å². The van der Waals surface area contributed by atoms with Crippen LogP contribution in [0.3, 0.4) is 0 Å². The van der Waals surface area contributed by atoms with E-state index in [4.69, 9.17) is 11.6 Å². The first-order chi connectivity index (χ1) is 8.95. The first kappa shape index (κ1) is 15.7. The molecule has 0 aliphatic heterocycles. The van der Waals surface area contributed by atoms with E-state index in [1.165, 1.54) is 6.33 Å². The van der Waals surface area contributed by atoms with E-state index < -0.39 is 0 Å². The zero-order valence-corrected chi connectivity index (χ0v) is 12.6. The smallest absolute Gasteiger partial charge is 0.242 e. The normalized spacial score (nSPS) is 12.3. The summed E-state index contributed by atoms with van der Waals surface area (Å²) in [4.78, 5) is 20.0. The molecule has 0 aromatic carbocycles. The summed E-state index contributed by atoms with van der Waals surface area (Å²) in [6, 6.07) is -0.366. The maximum atomic E-state index is 11.9. The molecule has 19 heavy (non-hydrogen) atoms. The monoisotopic (exact) mass is 284 g/mol. The van der Waals surface area contributed by atoms with Crippen molar-refractivity contribution in [1.29, 1.82) is 0 Å². The number of carbonyl (C=O) groups is 1. The van der Waals surface area contributed by atoms with Crippen molar-refractivity contribution < 1.29 is 4.79 Å². The van der Waals surface area contributed by atoms with Crippen LogP contribution in [0.2, 0.25) is 5.15 Å². The molecule has 0 spiro atoms. The number of nitrogens with zero attached hydrogens (tertiary/aromatic N) is 2. The van der Waals surface area contributed by atoms with Crippen molar-refractivity contribution >= 4 is 23.3 Å². The van der Waals surface area contributed by atoms with Gasteiger partial charge in [-0.1, -0.05) is 32.4 Å². The minimum absolute atomic E-state index is 0.0505. The van der Waals surface area contributed by atoms with Gasteiger partial charge in [0.1, 0.15) is 23.3 Å². The number of hydrogen-bond donors (Lipinski definition) is 2. The third-order valence-corrected chi connectivity index (χ3v) is 3.00. The Bertz CT molecular complexity index is 437. The molecule has 0 radical (unpaired) electrons. The van der Waals surface area contributed by atoms with E-state index in [9.17, 15) is 4.79 Å². The fourth-order valence-electron chi connectivity index (χ4n) is 1.56. The van der Waals surface area contributed by atoms with Crippen LogP contribution in [0, 0.1) is 5.92 Å². The van der Waals surface area contributed by atoms with Gasteiger partial charge in [-0.3, -0.25) is 4.79 Å². The van der Waals surface area contributed by atoms with Gasteiger partial charge in [0, 0.05) is 12.1 Å². The van der Waals surface area contributed by atoms with Gasteiger partial charge in [-0.05, 0) is 19.3 Å². The molecule has 5 nitrogen and oxygen atoms in total. The van der Waals surface area contributed by atoms with E-state index in [0.29, 0.717) is 29.9 Å². The number of hydrogen-bond acceptors (Lipinski definition) is 4. The second-order valence-corrected chi connectivity index (χ2v) is 5.21. The molecule has 1 aromatic rings. The lowest BCUT2D eigenvalue weighted by atomic mass is 10.2. The van der Waals surface area contributed by atoms with Crippen LogP contribution >= 0.6 is 11.6 Å². The first-order valence-corrected chi connectivity index (χ1v) is 6.87. The van der Waals surface area contributed by atoms with Crippen LogP contribution in [0.5, 0.6) is 0 Å². The van der Waals surface area contributed by atoms with E-state index in [1.54, 1.807) is 6.92 Å². The Morgan fingerprint density at radius 2 is 2.05 bits per heavy atom. The van der Waals surface area contributed by atoms with Crippen LogP contribution in [0.15, 0.2) is 6.33 Å². The van der Waals surface area contributed by atoms with Gasteiger partial charge >= 0.3 is 0 Å². The van der Waals surface area contributed by atoms with Gasteiger partial charge in [-0.15, -0.1) is 0 Å². The molecule has 0 saturated heterocycles. The molecule has 6 heteroatoms. The number of rotatable bonds is 6. The van der Waals surface area contributed by atoms with Crippen LogP contribution in [0.1, 0.15) is 33.3 Å². The molecule has 1 atom stereocenters. The predicted molar refractivity (Wildman–Crippen MR) is 77.4 cm³/mol. The molecule has 0 saturated carbocycles. The summed E-state index contributed by atoms with van der Waals surface area (Å²) in [5, 5.41) is 6.38. The third kappa shape index (κ3) is 4.67. The van der Waals surface area contributed by atoms with Crippen molar-refractivity contribution in [2.75, 3.05) is 11.9 Å². The highest BCUT2D eigenvalue weighted by Crippen LogP contribution is 2.20. The van der Waals surface area contributed by atoms with E-state index >= 15 is 0 Å². The Morgan fingerprint density at radius 1 is 1.37 bits per heavy atom. The molecule has 106 valence electrons. The average Bonchev–Trinajstić information content (AvgIpc) is 2.36. The van der Waals surface area contributed by atoms with Gasteiger partial charge in [-0.25, -0.2) is 9.97 Å². The number of amides is 1. The SMILES string of the molecule is CCc1c(Cl)ncnc1NC(C)C(=O)NCC(C)C. The summed E-state index contributed by atoms with van der Waals surface area (Å²) < 4.78 is 0. The van der Waals surface area contributed by atoms with Gasteiger partial charge in [-0.2, -0.15) is 0 Å². The molecule has 1 heterocycles. The second kappa shape index (κ2) is 7.28. The van der Waals surface area contributed by atoms with E-state index in [2.05, 4.69) is 34.4 Å². The summed E-state index contributed by atoms with van der Waals surface area (Å²) in [6.45, 7) is 8.54. The van der Waals surface area contributed by atoms with Gasteiger partial charge in [0.15, 0.2) is 0 Å². The third-order valence-electron chi connectivity index (χ3n) is 2.68. The molecule has 0 fully saturated rings. The van der Waals surface area contributed by atoms with Crippen molar-refractivity contribution in [2.45, 2.75) is 40.2 Å². The van der Waals surface area contributed by atoms with Crippen molar-refractivity contribution in [1.82, 2.24) is 15.3 Å². The number of anilines is 1. The molecular formula is C13H21ClN4O.